The van der Waals surface area contributed by atoms with Crippen molar-refractivity contribution in [3.63, 3.8) is 0 Å². The van der Waals surface area contributed by atoms with Crippen molar-refractivity contribution in [1.29, 1.82) is 0 Å². The van der Waals surface area contributed by atoms with Gasteiger partial charge >= 0.3 is 5.69 Å². The van der Waals surface area contributed by atoms with Gasteiger partial charge in [-0.1, -0.05) is 12.1 Å². The van der Waals surface area contributed by atoms with E-state index >= 15 is 0 Å². The fraction of sp³-hybridized carbons (Fsp3) is 0.214. The predicted molar refractivity (Wildman–Crippen MR) is 71.5 cm³/mol. The van der Waals surface area contributed by atoms with E-state index in [0.717, 1.165) is 10.8 Å². The van der Waals surface area contributed by atoms with Crippen molar-refractivity contribution in [1.82, 2.24) is 9.55 Å². The molecule has 1 aromatic carbocycles. The highest BCUT2D eigenvalue weighted by Crippen LogP contribution is 2.15. The normalized spacial score (nSPS) is 12.2. The molecule has 0 amide bonds. The summed E-state index contributed by atoms with van der Waals surface area (Å²) < 4.78 is 13.8. The maximum Gasteiger partial charge on any atom is 0.328 e. The minimum absolute atomic E-state index is 0.0847. The maximum absolute atomic E-state index is 12.9. The molecule has 0 aliphatic carbocycles. The lowest BCUT2D eigenvalue weighted by Gasteiger charge is -2.14. The van der Waals surface area contributed by atoms with Crippen molar-refractivity contribution in [2.45, 2.75) is 19.9 Å². The third-order valence-electron chi connectivity index (χ3n) is 3.13. The molecule has 0 saturated heterocycles. The number of rotatable bonds is 3. The predicted octanol–water partition coefficient (Wildman–Crippen LogP) is 1.49. The van der Waals surface area contributed by atoms with E-state index in [1.165, 1.54) is 31.2 Å². The van der Waals surface area contributed by atoms with E-state index < -0.39 is 28.9 Å². The van der Waals surface area contributed by atoms with Crippen LogP contribution >= 0.6 is 0 Å². The lowest BCUT2D eigenvalue weighted by atomic mass is 10.1. The fourth-order valence-corrected chi connectivity index (χ4v) is 1.98. The second-order valence-corrected chi connectivity index (χ2v) is 4.47. The van der Waals surface area contributed by atoms with Crippen molar-refractivity contribution >= 4 is 5.78 Å². The van der Waals surface area contributed by atoms with Crippen molar-refractivity contribution in [2.24, 2.45) is 0 Å². The number of hydrogen-bond donors (Lipinski definition) is 1. The van der Waals surface area contributed by atoms with Crippen LogP contribution in [0.3, 0.4) is 0 Å². The van der Waals surface area contributed by atoms with Gasteiger partial charge in [0.1, 0.15) is 5.82 Å². The Morgan fingerprint density at radius 1 is 1.25 bits per heavy atom. The fourth-order valence-electron chi connectivity index (χ4n) is 1.98. The Bertz CT molecular complexity index is 759. The van der Waals surface area contributed by atoms with E-state index in [-0.39, 0.29) is 5.56 Å². The monoisotopic (exact) mass is 276 g/mol. The van der Waals surface area contributed by atoms with Crippen LogP contribution in [0.4, 0.5) is 4.39 Å². The molecule has 0 radical (unpaired) electrons. The van der Waals surface area contributed by atoms with E-state index in [4.69, 9.17) is 0 Å². The Balaban J connectivity index is 2.60. The van der Waals surface area contributed by atoms with E-state index in [1.54, 1.807) is 6.92 Å². The summed E-state index contributed by atoms with van der Waals surface area (Å²) >= 11 is 0. The molecular formula is C14H13FN2O3. The molecule has 0 bridgehead atoms. The summed E-state index contributed by atoms with van der Waals surface area (Å²) in [5.41, 5.74) is -0.756. The molecule has 5 nitrogen and oxygen atoms in total. The number of ketones is 1. The number of hydrogen-bond acceptors (Lipinski definition) is 3. The number of H-pyrrole nitrogens is 1. The number of aromatic amines is 1. The Morgan fingerprint density at radius 2 is 1.85 bits per heavy atom. The molecule has 20 heavy (non-hydrogen) atoms. The summed E-state index contributed by atoms with van der Waals surface area (Å²) in [6.07, 6.45) is 1.11. The molecule has 0 fully saturated rings. The van der Waals surface area contributed by atoms with Crippen molar-refractivity contribution in [2.75, 3.05) is 0 Å². The number of Topliss-reactive ketones (excluding diaryl/α,β-unsaturated/α-hetero) is 1. The summed E-state index contributed by atoms with van der Waals surface area (Å²) in [5, 5.41) is 0. The third kappa shape index (κ3) is 2.45. The van der Waals surface area contributed by atoms with Crippen molar-refractivity contribution in [3.05, 3.63) is 68.2 Å². The zero-order valence-electron chi connectivity index (χ0n) is 11.0. The van der Waals surface area contributed by atoms with Crippen LogP contribution in [0.2, 0.25) is 0 Å². The Morgan fingerprint density at radius 3 is 2.40 bits per heavy atom. The van der Waals surface area contributed by atoms with Crippen LogP contribution in [0.25, 0.3) is 0 Å². The molecule has 0 saturated carbocycles. The number of benzene rings is 1. The zero-order chi connectivity index (χ0) is 14.9. The average Bonchev–Trinajstić information content (AvgIpc) is 2.38. The van der Waals surface area contributed by atoms with Gasteiger partial charge in [-0.25, -0.2) is 9.18 Å². The average molecular weight is 276 g/mol. The van der Waals surface area contributed by atoms with Gasteiger partial charge in [0, 0.05) is 6.20 Å². The highest BCUT2D eigenvalue weighted by molar-refractivity contribution is 5.93. The minimum atomic E-state index is -0.655. The maximum atomic E-state index is 12.9. The summed E-state index contributed by atoms with van der Waals surface area (Å²) in [6, 6.07) is 4.88. The molecule has 1 aromatic heterocycles. The number of nitrogens with zero attached hydrogens (tertiary/aromatic N) is 1. The van der Waals surface area contributed by atoms with Crippen molar-refractivity contribution in [3.8, 4) is 0 Å². The Kier molecular flexibility index (Phi) is 3.65. The Hall–Kier alpha value is -2.50. The zero-order valence-corrected chi connectivity index (χ0v) is 11.0. The summed E-state index contributed by atoms with van der Waals surface area (Å²) in [7, 11) is 0. The van der Waals surface area contributed by atoms with Crippen LogP contribution in [0.1, 0.15) is 35.8 Å². The van der Waals surface area contributed by atoms with Crippen LogP contribution in [-0.2, 0) is 0 Å². The first-order chi connectivity index (χ1) is 9.41. The van der Waals surface area contributed by atoms with E-state index in [0.29, 0.717) is 5.56 Å². The van der Waals surface area contributed by atoms with E-state index in [1.807, 2.05) is 0 Å². The van der Waals surface area contributed by atoms with Gasteiger partial charge in [-0.05, 0) is 31.5 Å². The number of nitrogens with one attached hydrogen (secondary N) is 1. The lowest BCUT2D eigenvalue weighted by Crippen LogP contribution is -2.39. The first-order valence-corrected chi connectivity index (χ1v) is 6.02. The molecule has 1 atom stereocenters. The first-order valence-electron chi connectivity index (χ1n) is 6.02. The Labute approximate surface area is 113 Å². The molecule has 104 valence electrons. The number of carbonyl (C=O) groups is 1. The van der Waals surface area contributed by atoms with Crippen LogP contribution in [0.5, 0.6) is 0 Å². The molecular weight excluding hydrogens is 263 g/mol. The molecule has 6 heteroatoms. The quantitative estimate of drug-likeness (QED) is 0.863. The standard InChI is InChI=1S/C14H13FN2O3/c1-8(10-3-5-11(15)6-4-10)17-13(19)12(9(2)18)7-16-14(17)20/h3-8H,1-2H3,(H,16,20). The van der Waals surface area contributed by atoms with Gasteiger partial charge in [-0.15, -0.1) is 0 Å². The molecule has 2 rings (SSSR count). The van der Waals surface area contributed by atoms with Gasteiger partial charge in [0.15, 0.2) is 5.78 Å². The molecule has 1 heterocycles. The molecule has 0 spiro atoms. The van der Waals surface area contributed by atoms with Crippen LogP contribution < -0.4 is 11.2 Å². The third-order valence-corrected chi connectivity index (χ3v) is 3.13. The first kappa shape index (κ1) is 13.9. The van der Waals surface area contributed by atoms with Crippen LogP contribution in [0.15, 0.2) is 40.1 Å². The largest absolute Gasteiger partial charge is 0.328 e. The SMILES string of the molecule is CC(=O)c1c[nH]c(=O)n(C(C)c2ccc(F)cc2)c1=O. The van der Waals surface area contributed by atoms with E-state index in [9.17, 15) is 18.8 Å². The lowest BCUT2D eigenvalue weighted by molar-refractivity contribution is 0.101. The molecule has 0 aliphatic heterocycles. The van der Waals surface area contributed by atoms with Gasteiger partial charge < -0.3 is 4.98 Å². The highest BCUT2D eigenvalue weighted by atomic mass is 19.1. The van der Waals surface area contributed by atoms with Crippen LogP contribution in [-0.4, -0.2) is 15.3 Å². The van der Waals surface area contributed by atoms with Crippen LogP contribution in [0, 0.1) is 5.82 Å². The van der Waals surface area contributed by atoms with Gasteiger partial charge in [0.2, 0.25) is 0 Å². The second kappa shape index (κ2) is 5.24. The molecule has 2 aromatic rings. The summed E-state index contributed by atoms with van der Waals surface area (Å²) in [5.74, 6) is -0.828. The summed E-state index contributed by atoms with van der Waals surface area (Å²) in [6.45, 7) is 2.88. The number of halogens is 1. The van der Waals surface area contributed by atoms with E-state index in [2.05, 4.69) is 4.98 Å². The second-order valence-electron chi connectivity index (χ2n) is 4.47. The van der Waals surface area contributed by atoms with Gasteiger partial charge in [-0.3, -0.25) is 14.2 Å². The van der Waals surface area contributed by atoms with Crippen molar-refractivity contribution < 1.29 is 9.18 Å². The number of carbonyl (C=O) groups excluding carboxylic acids is 1. The molecule has 1 N–H and O–H groups in total. The minimum Gasteiger partial charge on any atom is -0.313 e. The summed E-state index contributed by atoms with van der Waals surface area (Å²) in [4.78, 5) is 37.7. The van der Waals surface area contributed by atoms with Gasteiger partial charge in [-0.2, -0.15) is 0 Å². The highest BCUT2D eigenvalue weighted by Gasteiger charge is 2.17. The molecule has 1 unspecified atom stereocenters. The van der Waals surface area contributed by atoms with Gasteiger partial charge in [0.05, 0.1) is 11.6 Å². The van der Waals surface area contributed by atoms with Gasteiger partial charge in [0.25, 0.3) is 5.56 Å². The smallest absolute Gasteiger partial charge is 0.313 e. The topological polar surface area (TPSA) is 71.9 Å². The number of aromatic nitrogens is 2. The molecule has 0 aliphatic rings.